The summed E-state index contributed by atoms with van der Waals surface area (Å²) in [4.78, 5) is 26.5. The quantitative estimate of drug-likeness (QED) is 0.652. The van der Waals surface area contributed by atoms with Crippen LogP contribution in [0.1, 0.15) is 5.56 Å². The van der Waals surface area contributed by atoms with Crippen molar-refractivity contribution in [2.24, 2.45) is 7.05 Å². The summed E-state index contributed by atoms with van der Waals surface area (Å²) in [5.74, 6) is -0.155. The molecule has 3 rings (SSSR count). The van der Waals surface area contributed by atoms with E-state index in [2.05, 4.69) is 5.10 Å². The number of aryl methyl sites for hydroxylation is 1. The maximum absolute atomic E-state index is 12.5. The lowest BCUT2D eigenvalue weighted by Crippen LogP contribution is -2.50. The second-order valence-electron chi connectivity index (χ2n) is 5.58. The van der Waals surface area contributed by atoms with Gasteiger partial charge in [0.05, 0.1) is 30.0 Å². The molecule has 0 bridgehead atoms. The standard InChI is InChI=1S/C15H17N5O4/c1-17-8-12(7-16-17)19-5-4-18(9-15(19)22)14-6-11(10-21)2-3-13(14)20(23)24/h2-3,6-8,21H,4-5,9-10H2,1H3. The zero-order valence-corrected chi connectivity index (χ0v) is 13.1. The van der Waals surface area contributed by atoms with Crippen molar-refractivity contribution in [3.8, 4) is 0 Å². The van der Waals surface area contributed by atoms with E-state index in [9.17, 15) is 20.0 Å². The number of nitro groups is 1. The van der Waals surface area contributed by atoms with Crippen molar-refractivity contribution in [1.82, 2.24) is 9.78 Å². The third-order valence-corrected chi connectivity index (χ3v) is 3.98. The molecule has 1 aliphatic rings. The van der Waals surface area contributed by atoms with Gasteiger partial charge in [-0.15, -0.1) is 0 Å². The number of anilines is 2. The second-order valence-corrected chi connectivity index (χ2v) is 5.58. The summed E-state index contributed by atoms with van der Waals surface area (Å²) >= 11 is 0. The molecule has 2 heterocycles. The summed E-state index contributed by atoms with van der Waals surface area (Å²) in [5.41, 5.74) is 1.55. The molecule has 1 aromatic heterocycles. The number of aliphatic hydroxyl groups is 1. The van der Waals surface area contributed by atoms with Crippen LogP contribution in [-0.2, 0) is 18.4 Å². The van der Waals surface area contributed by atoms with E-state index >= 15 is 0 Å². The average molecular weight is 331 g/mol. The van der Waals surface area contributed by atoms with E-state index < -0.39 is 4.92 Å². The molecule has 9 heteroatoms. The summed E-state index contributed by atoms with van der Waals surface area (Å²) in [5, 5.41) is 24.6. The van der Waals surface area contributed by atoms with Gasteiger partial charge in [0.25, 0.3) is 5.69 Å². The number of nitro benzene ring substituents is 1. The van der Waals surface area contributed by atoms with Crippen LogP contribution in [0.5, 0.6) is 0 Å². The number of nitrogens with zero attached hydrogens (tertiary/aromatic N) is 5. The molecule has 2 aromatic rings. The number of carbonyl (C=O) groups is 1. The number of rotatable bonds is 4. The fourth-order valence-electron chi connectivity index (χ4n) is 2.77. The number of carbonyl (C=O) groups excluding carboxylic acids is 1. The van der Waals surface area contributed by atoms with E-state index in [1.54, 1.807) is 40.0 Å². The van der Waals surface area contributed by atoms with Crippen molar-refractivity contribution < 1.29 is 14.8 Å². The highest BCUT2D eigenvalue weighted by Crippen LogP contribution is 2.31. The minimum Gasteiger partial charge on any atom is -0.392 e. The second kappa shape index (κ2) is 6.28. The SMILES string of the molecule is Cn1cc(N2CCN(c3cc(CO)ccc3[N+](=O)[O-])CC2=O)cn1. The Morgan fingerprint density at radius 2 is 2.17 bits per heavy atom. The first-order valence-corrected chi connectivity index (χ1v) is 7.41. The van der Waals surface area contributed by atoms with Gasteiger partial charge in [0.15, 0.2) is 0 Å². The van der Waals surface area contributed by atoms with Gasteiger partial charge in [-0.2, -0.15) is 5.10 Å². The lowest BCUT2D eigenvalue weighted by molar-refractivity contribution is -0.384. The van der Waals surface area contributed by atoms with E-state index in [4.69, 9.17) is 0 Å². The van der Waals surface area contributed by atoms with Gasteiger partial charge in [-0.25, -0.2) is 0 Å². The zero-order chi connectivity index (χ0) is 17.3. The Kier molecular flexibility index (Phi) is 4.17. The number of hydrogen-bond acceptors (Lipinski definition) is 6. The van der Waals surface area contributed by atoms with Crippen molar-refractivity contribution >= 4 is 23.0 Å². The Morgan fingerprint density at radius 3 is 2.75 bits per heavy atom. The molecule has 1 aromatic carbocycles. The molecule has 0 radical (unpaired) electrons. The van der Waals surface area contributed by atoms with Crippen LogP contribution in [-0.4, -0.2) is 45.4 Å². The number of aromatic nitrogens is 2. The maximum atomic E-state index is 12.5. The highest BCUT2D eigenvalue weighted by Gasteiger charge is 2.29. The molecule has 1 amide bonds. The van der Waals surface area contributed by atoms with Crippen LogP contribution in [0.15, 0.2) is 30.6 Å². The van der Waals surface area contributed by atoms with Crippen LogP contribution in [0.25, 0.3) is 0 Å². The van der Waals surface area contributed by atoms with Crippen LogP contribution in [0.2, 0.25) is 0 Å². The first kappa shape index (κ1) is 15.9. The fraction of sp³-hybridized carbons (Fsp3) is 0.333. The van der Waals surface area contributed by atoms with E-state index in [1.807, 2.05) is 0 Å². The van der Waals surface area contributed by atoms with E-state index in [1.165, 1.54) is 12.1 Å². The highest BCUT2D eigenvalue weighted by molar-refractivity contribution is 5.97. The van der Waals surface area contributed by atoms with Crippen LogP contribution < -0.4 is 9.80 Å². The molecule has 0 spiro atoms. The first-order valence-electron chi connectivity index (χ1n) is 7.41. The van der Waals surface area contributed by atoms with Crippen LogP contribution in [0.3, 0.4) is 0 Å². The van der Waals surface area contributed by atoms with Gasteiger partial charge in [-0.1, -0.05) is 0 Å². The smallest absolute Gasteiger partial charge is 0.292 e. The van der Waals surface area contributed by atoms with Gasteiger partial charge in [0.1, 0.15) is 5.69 Å². The predicted octanol–water partition coefficient (Wildman–Crippen LogP) is 0.674. The summed E-state index contributed by atoms with van der Waals surface area (Å²) < 4.78 is 1.62. The molecule has 9 nitrogen and oxygen atoms in total. The van der Waals surface area contributed by atoms with Crippen molar-refractivity contribution in [1.29, 1.82) is 0 Å². The Balaban J connectivity index is 1.85. The van der Waals surface area contributed by atoms with Crippen LogP contribution in [0, 0.1) is 10.1 Å². The molecule has 1 N–H and O–H groups in total. The largest absolute Gasteiger partial charge is 0.392 e. The molecular weight excluding hydrogens is 314 g/mol. The fourth-order valence-corrected chi connectivity index (χ4v) is 2.77. The summed E-state index contributed by atoms with van der Waals surface area (Å²) in [7, 11) is 1.77. The van der Waals surface area contributed by atoms with Crippen molar-refractivity contribution in [3.63, 3.8) is 0 Å². The van der Waals surface area contributed by atoms with E-state index in [0.29, 0.717) is 30.0 Å². The molecule has 0 saturated carbocycles. The molecule has 1 saturated heterocycles. The number of aliphatic hydroxyl groups excluding tert-OH is 1. The van der Waals surface area contributed by atoms with Gasteiger partial charge in [-0.05, 0) is 17.7 Å². The van der Waals surface area contributed by atoms with Crippen LogP contribution in [0.4, 0.5) is 17.1 Å². The van der Waals surface area contributed by atoms with Gasteiger partial charge in [0.2, 0.25) is 5.91 Å². The normalized spacial score (nSPS) is 15.0. The molecule has 1 aliphatic heterocycles. The van der Waals surface area contributed by atoms with Gasteiger partial charge < -0.3 is 14.9 Å². The third kappa shape index (κ3) is 2.93. The minimum absolute atomic E-state index is 0.0324. The lowest BCUT2D eigenvalue weighted by atomic mass is 10.1. The Hall–Kier alpha value is -2.94. The van der Waals surface area contributed by atoms with Crippen molar-refractivity contribution in [2.75, 3.05) is 29.4 Å². The monoisotopic (exact) mass is 331 g/mol. The van der Waals surface area contributed by atoms with Crippen molar-refractivity contribution in [2.45, 2.75) is 6.61 Å². The summed E-state index contributed by atoms with van der Waals surface area (Å²) in [6.45, 7) is 0.681. The lowest BCUT2D eigenvalue weighted by Gasteiger charge is -2.34. The minimum atomic E-state index is -0.478. The number of benzene rings is 1. The van der Waals surface area contributed by atoms with Crippen LogP contribution >= 0.6 is 0 Å². The number of piperazine rings is 1. The van der Waals surface area contributed by atoms with Gasteiger partial charge >= 0.3 is 0 Å². The molecule has 24 heavy (non-hydrogen) atoms. The molecule has 0 unspecified atom stereocenters. The molecule has 0 aliphatic carbocycles. The van der Waals surface area contributed by atoms with Crippen molar-refractivity contribution in [3.05, 3.63) is 46.3 Å². The first-order chi connectivity index (χ1) is 11.5. The van der Waals surface area contributed by atoms with Gasteiger partial charge in [-0.3, -0.25) is 19.6 Å². The Labute approximate surface area is 137 Å². The predicted molar refractivity (Wildman–Crippen MR) is 86.8 cm³/mol. The maximum Gasteiger partial charge on any atom is 0.292 e. The Bertz CT molecular complexity index is 788. The number of hydrogen-bond donors (Lipinski definition) is 1. The summed E-state index contributed by atoms with van der Waals surface area (Å²) in [6.07, 6.45) is 3.37. The highest BCUT2D eigenvalue weighted by atomic mass is 16.6. The zero-order valence-electron chi connectivity index (χ0n) is 13.1. The third-order valence-electron chi connectivity index (χ3n) is 3.98. The van der Waals surface area contributed by atoms with Gasteiger partial charge in [0, 0.05) is 32.4 Å². The van der Waals surface area contributed by atoms with E-state index in [-0.39, 0.29) is 24.7 Å². The molecule has 126 valence electrons. The summed E-state index contributed by atoms with van der Waals surface area (Å²) in [6, 6.07) is 4.43. The topological polar surface area (TPSA) is 105 Å². The molecule has 0 atom stereocenters. The molecule has 1 fully saturated rings. The Morgan fingerprint density at radius 1 is 1.38 bits per heavy atom. The molecular formula is C15H17N5O4. The average Bonchev–Trinajstić information content (AvgIpc) is 3.00. The van der Waals surface area contributed by atoms with E-state index in [0.717, 1.165) is 0 Å². The number of amides is 1.